The van der Waals surface area contributed by atoms with Crippen molar-refractivity contribution in [3.05, 3.63) is 36.0 Å². The summed E-state index contributed by atoms with van der Waals surface area (Å²) in [4.78, 5) is 9.76. The van der Waals surface area contributed by atoms with Crippen LogP contribution in [0.1, 0.15) is 13.8 Å². The average molecular weight is 373 g/mol. The molecule has 0 aliphatic carbocycles. The Morgan fingerprint density at radius 3 is 2.65 bits per heavy atom. The molecule has 0 saturated heterocycles. The summed E-state index contributed by atoms with van der Waals surface area (Å²) in [7, 11) is 1.66. The lowest BCUT2D eigenvalue weighted by Gasteiger charge is -2.25. The third kappa shape index (κ3) is 4.12. The summed E-state index contributed by atoms with van der Waals surface area (Å²) in [5.74, 6) is 1.61. The molecule has 2 aromatic heterocycles. The smallest absolute Gasteiger partial charge is 0.138 e. The van der Waals surface area contributed by atoms with Gasteiger partial charge in [0.1, 0.15) is 22.7 Å². The molecule has 3 aromatic rings. The standard InChI is InChI=1S/C19H23N3O3S/c1-19(2,25-9-8-23)11-20-17-16-15(10-26-18(16)22-12-21-17)13-4-6-14(24-3)7-5-13/h4-7,10,12,23H,8-9,11H2,1-3H3,(H,20,21,22). The minimum Gasteiger partial charge on any atom is -0.497 e. The molecular weight excluding hydrogens is 350 g/mol. The summed E-state index contributed by atoms with van der Waals surface area (Å²) >= 11 is 1.59. The first-order valence-corrected chi connectivity index (χ1v) is 9.27. The minimum absolute atomic E-state index is 0.00727. The van der Waals surface area contributed by atoms with Crippen LogP contribution in [0, 0.1) is 0 Å². The van der Waals surface area contributed by atoms with E-state index in [4.69, 9.17) is 14.6 Å². The zero-order chi connectivity index (χ0) is 18.6. The lowest BCUT2D eigenvalue weighted by molar-refractivity contribution is -0.0237. The Hall–Kier alpha value is -2.22. The first kappa shape index (κ1) is 18.6. The zero-order valence-electron chi connectivity index (χ0n) is 15.2. The van der Waals surface area contributed by atoms with Crippen LogP contribution in [-0.2, 0) is 4.74 Å². The average Bonchev–Trinajstić information content (AvgIpc) is 3.10. The minimum atomic E-state index is -0.420. The van der Waals surface area contributed by atoms with Crippen LogP contribution in [0.3, 0.4) is 0 Å². The van der Waals surface area contributed by atoms with E-state index in [-0.39, 0.29) is 6.61 Å². The van der Waals surface area contributed by atoms with E-state index >= 15 is 0 Å². The lowest BCUT2D eigenvalue weighted by atomic mass is 10.1. The molecule has 0 amide bonds. The van der Waals surface area contributed by atoms with Crippen LogP contribution < -0.4 is 10.1 Å². The number of hydrogen-bond acceptors (Lipinski definition) is 7. The molecule has 6 nitrogen and oxygen atoms in total. The molecule has 0 bridgehead atoms. The Balaban J connectivity index is 1.90. The molecule has 1 aromatic carbocycles. The number of ether oxygens (including phenoxy) is 2. The number of methoxy groups -OCH3 is 1. The van der Waals surface area contributed by atoms with Gasteiger partial charge in [-0.3, -0.25) is 0 Å². The van der Waals surface area contributed by atoms with Gasteiger partial charge in [-0.1, -0.05) is 12.1 Å². The highest BCUT2D eigenvalue weighted by Crippen LogP contribution is 2.37. The summed E-state index contributed by atoms with van der Waals surface area (Å²) in [6.07, 6.45) is 1.57. The maximum Gasteiger partial charge on any atom is 0.138 e. The Kier molecular flexibility index (Phi) is 5.70. The number of fused-ring (bicyclic) bond motifs is 1. The van der Waals surface area contributed by atoms with Crippen LogP contribution in [0.25, 0.3) is 21.3 Å². The summed E-state index contributed by atoms with van der Waals surface area (Å²) in [5.41, 5.74) is 1.76. The van der Waals surface area contributed by atoms with Gasteiger partial charge in [0.25, 0.3) is 0 Å². The predicted molar refractivity (Wildman–Crippen MR) is 105 cm³/mol. The Morgan fingerprint density at radius 1 is 1.19 bits per heavy atom. The van der Waals surface area contributed by atoms with Crippen LogP contribution in [0.4, 0.5) is 5.82 Å². The molecule has 3 rings (SSSR count). The van der Waals surface area contributed by atoms with Gasteiger partial charge in [0.05, 0.1) is 31.3 Å². The lowest BCUT2D eigenvalue weighted by Crippen LogP contribution is -2.34. The number of nitrogens with one attached hydrogen (secondary N) is 1. The third-order valence-corrected chi connectivity index (χ3v) is 4.92. The van der Waals surface area contributed by atoms with Crippen molar-refractivity contribution in [2.45, 2.75) is 19.4 Å². The second kappa shape index (κ2) is 7.99. The molecule has 0 unspecified atom stereocenters. The number of anilines is 1. The number of hydrogen-bond donors (Lipinski definition) is 2. The van der Waals surface area contributed by atoms with Crippen LogP contribution >= 0.6 is 11.3 Å². The highest BCUT2D eigenvalue weighted by molar-refractivity contribution is 7.17. The fraction of sp³-hybridized carbons (Fsp3) is 0.368. The van der Waals surface area contributed by atoms with Crippen molar-refractivity contribution in [3.8, 4) is 16.9 Å². The van der Waals surface area contributed by atoms with E-state index in [1.54, 1.807) is 24.8 Å². The van der Waals surface area contributed by atoms with Crippen molar-refractivity contribution in [2.75, 3.05) is 32.2 Å². The number of rotatable bonds is 8. The molecule has 0 atom stereocenters. The van der Waals surface area contributed by atoms with Crippen molar-refractivity contribution >= 4 is 27.4 Å². The molecule has 0 saturated carbocycles. The number of nitrogens with zero attached hydrogens (tertiary/aromatic N) is 2. The number of thiophene rings is 1. The normalized spacial score (nSPS) is 11.7. The van der Waals surface area contributed by atoms with E-state index in [9.17, 15) is 0 Å². The van der Waals surface area contributed by atoms with Crippen LogP contribution in [0.15, 0.2) is 36.0 Å². The Bertz CT molecular complexity index is 862. The Labute approximate surface area is 156 Å². The fourth-order valence-electron chi connectivity index (χ4n) is 2.66. The largest absolute Gasteiger partial charge is 0.497 e. The van der Waals surface area contributed by atoms with Gasteiger partial charge in [0.15, 0.2) is 0 Å². The quantitative estimate of drug-likeness (QED) is 0.629. The molecule has 2 heterocycles. The molecule has 7 heteroatoms. The highest BCUT2D eigenvalue weighted by Gasteiger charge is 2.20. The number of aliphatic hydroxyl groups is 1. The zero-order valence-corrected chi connectivity index (χ0v) is 16.0. The van der Waals surface area contributed by atoms with E-state index in [1.807, 2.05) is 38.1 Å². The monoisotopic (exact) mass is 373 g/mol. The number of aliphatic hydroxyl groups excluding tert-OH is 1. The number of benzene rings is 1. The summed E-state index contributed by atoms with van der Waals surface area (Å²) < 4.78 is 10.9. The summed E-state index contributed by atoms with van der Waals surface area (Å²) in [6.45, 7) is 4.84. The van der Waals surface area contributed by atoms with Gasteiger partial charge in [-0.15, -0.1) is 11.3 Å². The fourth-order valence-corrected chi connectivity index (χ4v) is 3.58. The van der Waals surface area contributed by atoms with Crippen molar-refractivity contribution in [1.82, 2.24) is 9.97 Å². The summed E-state index contributed by atoms with van der Waals surface area (Å²) in [6, 6.07) is 7.96. The molecule has 0 radical (unpaired) electrons. The van der Waals surface area contributed by atoms with Crippen molar-refractivity contribution in [2.24, 2.45) is 0 Å². The second-order valence-corrected chi connectivity index (χ2v) is 7.32. The van der Waals surface area contributed by atoms with Gasteiger partial charge in [-0.05, 0) is 31.5 Å². The van der Waals surface area contributed by atoms with E-state index in [0.29, 0.717) is 13.2 Å². The molecule has 2 N–H and O–H groups in total. The SMILES string of the molecule is COc1ccc(-c2csc3ncnc(NCC(C)(C)OCCO)c23)cc1. The maximum atomic E-state index is 8.95. The van der Waals surface area contributed by atoms with Crippen molar-refractivity contribution < 1.29 is 14.6 Å². The molecule has 0 aliphatic heterocycles. The molecule has 0 spiro atoms. The molecule has 26 heavy (non-hydrogen) atoms. The van der Waals surface area contributed by atoms with Gasteiger partial charge < -0.3 is 19.9 Å². The van der Waals surface area contributed by atoms with E-state index in [0.717, 1.165) is 32.9 Å². The molecular formula is C19H23N3O3S. The maximum absolute atomic E-state index is 8.95. The molecule has 0 aliphatic rings. The first-order valence-electron chi connectivity index (χ1n) is 8.39. The van der Waals surface area contributed by atoms with Gasteiger partial charge in [0.2, 0.25) is 0 Å². The van der Waals surface area contributed by atoms with E-state index < -0.39 is 5.60 Å². The van der Waals surface area contributed by atoms with Crippen LogP contribution in [0.2, 0.25) is 0 Å². The molecule has 0 fully saturated rings. The molecule has 138 valence electrons. The first-order chi connectivity index (χ1) is 12.5. The second-order valence-electron chi connectivity index (χ2n) is 6.47. The van der Waals surface area contributed by atoms with Crippen LogP contribution in [-0.4, -0.2) is 47.5 Å². The van der Waals surface area contributed by atoms with Gasteiger partial charge in [0, 0.05) is 17.5 Å². The Morgan fingerprint density at radius 2 is 1.96 bits per heavy atom. The van der Waals surface area contributed by atoms with Gasteiger partial charge in [-0.25, -0.2) is 9.97 Å². The van der Waals surface area contributed by atoms with E-state index in [2.05, 4.69) is 20.7 Å². The summed E-state index contributed by atoms with van der Waals surface area (Å²) in [5, 5.41) is 15.4. The predicted octanol–water partition coefficient (Wildman–Crippen LogP) is 3.57. The third-order valence-electron chi connectivity index (χ3n) is 4.04. The number of aromatic nitrogens is 2. The van der Waals surface area contributed by atoms with Crippen molar-refractivity contribution in [3.63, 3.8) is 0 Å². The van der Waals surface area contributed by atoms with Crippen LogP contribution in [0.5, 0.6) is 5.75 Å². The topological polar surface area (TPSA) is 76.5 Å². The highest BCUT2D eigenvalue weighted by atomic mass is 32.1. The van der Waals surface area contributed by atoms with Gasteiger partial charge >= 0.3 is 0 Å². The van der Waals surface area contributed by atoms with E-state index in [1.165, 1.54) is 0 Å². The van der Waals surface area contributed by atoms with Gasteiger partial charge in [-0.2, -0.15) is 0 Å². The van der Waals surface area contributed by atoms with Crippen molar-refractivity contribution in [1.29, 1.82) is 0 Å².